The Kier molecular flexibility index (Phi) is 3.31. The van der Waals surface area contributed by atoms with Gasteiger partial charge in [-0.2, -0.15) is 0 Å². The van der Waals surface area contributed by atoms with Gasteiger partial charge in [-0.05, 0) is 6.92 Å². The van der Waals surface area contributed by atoms with Crippen LogP contribution in [0.15, 0.2) is 5.16 Å². The molecule has 1 rings (SSSR count). The SMILES string of the molecule is C[NH+](C)[C@H]1SC[C@](C)(/C=N\O)S1. The predicted octanol–water partition coefficient (Wildman–Crippen LogP) is 0.113. The first-order valence-electron chi connectivity index (χ1n) is 3.85. The highest BCUT2D eigenvalue weighted by Crippen LogP contribution is 2.41. The zero-order valence-corrected chi connectivity index (χ0v) is 9.21. The molecule has 1 fully saturated rings. The summed E-state index contributed by atoms with van der Waals surface area (Å²) in [6, 6.07) is 0. The molecule has 1 aliphatic heterocycles. The summed E-state index contributed by atoms with van der Waals surface area (Å²) in [7, 11) is 4.29. The maximum Gasteiger partial charge on any atom is 0.182 e. The number of quaternary nitrogens is 1. The van der Waals surface area contributed by atoms with Gasteiger partial charge in [0.05, 0.1) is 25.1 Å². The number of oxime groups is 1. The molecule has 1 saturated heterocycles. The summed E-state index contributed by atoms with van der Waals surface area (Å²) in [6.07, 6.45) is 1.63. The third-order valence-electron chi connectivity index (χ3n) is 1.70. The standard InChI is InChI=1S/C7H14N2OS2/c1-7(4-8-10)5-11-6(12-7)9(2)3/h4,6,10H,5H2,1-3H3/p+1/b8-4-/t6-,7-/m0/s1. The maximum atomic E-state index is 8.46. The summed E-state index contributed by atoms with van der Waals surface area (Å²) in [4.78, 5) is 1.43. The first-order valence-corrected chi connectivity index (χ1v) is 5.78. The van der Waals surface area contributed by atoms with Gasteiger partial charge in [0.15, 0.2) is 4.71 Å². The lowest BCUT2D eigenvalue weighted by Crippen LogP contribution is -3.08. The fourth-order valence-electron chi connectivity index (χ4n) is 1.03. The van der Waals surface area contributed by atoms with E-state index in [2.05, 4.69) is 26.2 Å². The molecule has 0 unspecified atom stereocenters. The van der Waals surface area contributed by atoms with Gasteiger partial charge in [0, 0.05) is 5.75 Å². The second-order valence-electron chi connectivity index (χ2n) is 3.40. The van der Waals surface area contributed by atoms with Crippen LogP contribution >= 0.6 is 23.5 Å². The molecular formula is C7H15N2OS2+. The molecule has 0 aromatic heterocycles. The molecule has 0 bridgehead atoms. The van der Waals surface area contributed by atoms with Crippen LogP contribution in [0.25, 0.3) is 0 Å². The Morgan fingerprint density at radius 2 is 2.33 bits per heavy atom. The maximum absolute atomic E-state index is 8.46. The topological polar surface area (TPSA) is 37.0 Å². The smallest absolute Gasteiger partial charge is 0.182 e. The zero-order valence-electron chi connectivity index (χ0n) is 7.57. The van der Waals surface area contributed by atoms with E-state index in [1.54, 1.807) is 6.21 Å². The van der Waals surface area contributed by atoms with Gasteiger partial charge in [-0.3, -0.25) is 0 Å². The minimum atomic E-state index is 0.0152. The first-order chi connectivity index (χ1) is 5.57. The molecular weight excluding hydrogens is 192 g/mol. The molecule has 0 aromatic rings. The van der Waals surface area contributed by atoms with Crippen LogP contribution in [0.2, 0.25) is 0 Å². The van der Waals surface area contributed by atoms with E-state index in [1.807, 2.05) is 23.5 Å². The second-order valence-corrected chi connectivity index (χ2v) is 6.43. The zero-order chi connectivity index (χ0) is 9.19. The summed E-state index contributed by atoms with van der Waals surface area (Å²) in [6.45, 7) is 2.10. The van der Waals surface area contributed by atoms with E-state index in [4.69, 9.17) is 5.21 Å². The highest BCUT2D eigenvalue weighted by molar-refractivity contribution is 8.21. The minimum Gasteiger partial charge on any atom is -0.411 e. The summed E-state index contributed by atoms with van der Waals surface area (Å²) >= 11 is 3.78. The summed E-state index contributed by atoms with van der Waals surface area (Å²) in [5.74, 6) is 1.03. The Labute approximate surface area is 81.6 Å². The highest BCUT2D eigenvalue weighted by Gasteiger charge is 2.39. The van der Waals surface area contributed by atoms with Gasteiger partial charge in [0.25, 0.3) is 0 Å². The van der Waals surface area contributed by atoms with Crippen molar-refractivity contribution >= 4 is 29.7 Å². The lowest BCUT2D eigenvalue weighted by atomic mass is 10.2. The molecule has 0 radical (unpaired) electrons. The van der Waals surface area contributed by atoms with Crippen LogP contribution in [-0.2, 0) is 0 Å². The summed E-state index contributed by atoms with van der Waals surface area (Å²) in [5, 5.41) is 11.6. The van der Waals surface area contributed by atoms with Gasteiger partial charge in [0.1, 0.15) is 0 Å². The van der Waals surface area contributed by atoms with E-state index in [9.17, 15) is 0 Å². The average Bonchev–Trinajstić information content (AvgIpc) is 2.33. The van der Waals surface area contributed by atoms with Crippen LogP contribution < -0.4 is 4.90 Å². The van der Waals surface area contributed by atoms with Crippen molar-refractivity contribution < 1.29 is 10.1 Å². The molecule has 12 heavy (non-hydrogen) atoms. The van der Waals surface area contributed by atoms with Crippen molar-refractivity contribution in [3.05, 3.63) is 0 Å². The molecule has 70 valence electrons. The van der Waals surface area contributed by atoms with Gasteiger partial charge < -0.3 is 10.1 Å². The number of nitrogens with one attached hydrogen (secondary N) is 1. The van der Waals surface area contributed by atoms with Gasteiger partial charge in [0.2, 0.25) is 0 Å². The van der Waals surface area contributed by atoms with Crippen molar-refractivity contribution in [1.82, 2.24) is 0 Å². The van der Waals surface area contributed by atoms with Crippen LogP contribution in [0, 0.1) is 0 Å². The molecule has 2 N–H and O–H groups in total. The third-order valence-corrected chi connectivity index (χ3v) is 5.59. The summed E-state index contributed by atoms with van der Waals surface area (Å²) in [5.41, 5.74) is 0. The molecule has 0 aliphatic carbocycles. The number of rotatable bonds is 2. The van der Waals surface area contributed by atoms with E-state index < -0.39 is 0 Å². The predicted molar refractivity (Wildman–Crippen MR) is 55.3 cm³/mol. The van der Waals surface area contributed by atoms with Crippen molar-refractivity contribution in [2.24, 2.45) is 5.16 Å². The van der Waals surface area contributed by atoms with Crippen LogP contribution in [0.1, 0.15) is 6.92 Å². The fourth-order valence-corrected chi connectivity index (χ4v) is 4.36. The highest BCUT2D eigenvalue weighted by atomic mass is 32.2. The fraction of sp³-hybridized carbons (Fsp3) is 0.857. The Hall–Kier alpha value is 0.130. The lowest BCUT2D eigenvalue weighted by molar-refractivity contribution is -0.853. The molecule has 2 atom stereocenters. The Bertz CT molecular complexity index is 186. The van der Waals surface area contributed by atoms with E-state index in [1.165, 1.54) is 4.90 Å². The third kappa shape index (κ3) is 2.31. The molecule has 0 spiro atoms. The van der Waals surface area contributed by atoms with Crippen molar-refractivity contribution in [2.75, 3.05) is 19.8 Å². The van der Waals surface area contributed by atoms with Crippen LogP contribution in [0.3, 0.4) is 0 Å². The Morgan fingerprint density at radius 1 is 1.67 bits per heavy atom. The van der Waals surface area contributed by atoms with Crippen LogP contribution in [0.5, 0.6) is 0 Å². The molecule has 0 aromatic carbocycles. The molecule has 5 heteroatoms. The average molecular weight is 207 g/mol. The van der Waals surface area contributed by atoms with Gasteiger partial charge >= 0.3 is 0 Å². The van der Waals surface area contributed by atoms with Crippen molar-refractivity contribution in [1.29, 1.82) is 0 Å². The van der Waals surface area contributed by atoms with E-state index in [-0.39, 0.29) is 4.75 Å². The van der Waals surface area contributed by atoms with Crippen LogP contribution in [-0.4, -0.2) is 40.7 Å². The van der Waals surface area contributed by atoms with Crippen molar-refractivity contribution in [3.63, 3.8) is 0 Å². The normalized spacial score (nSPS) is 36.8. The van der Waals surface area contributed by atoms with E-state index >= 15 is 0 Å². The van der Waals surface area contributed by atoms with Gasteiger partial charge in [-0.1, -0.05) is 23.5 Å². The molecule has 0 saturated carbocycles. The number of thioether (sulfide) groups is 2. The number of hydrogen-bond acceptors (Lipinski definition) is 4. The van der Waals surface area contributed by atoms with Crippen molar-refractivity contribution in [2.45, 2.75) is 16.4 Å². The molecule has 0 amide bonds. The largest absolute Gasteiger partial charge is 0.411 e. The quantitative estimate of drug-likeness (QED) is 0.383. The van der Waals surface area contributed by atoms with E-state index in [0.29, 0.717) is 4.71 Å². The summed E-state index contributed by atoms with van der Waals surface area (Å²) < 4.78 is 0.578. The number of hydrogen-bond donors (Lipinski definition) is 2. The van der Waals surface area contributed by atoms with Crippen LogP contribution in [0.4, 0.5) is 0 Å². The molecule has 3 nitrogen and oxygen atoms in total. The lowest BCUT2D eigenvalue weighted by Gasteiger charge is -2.17. The van der Waals surface area contributed by atoms with E-state index in [0.717, 1.165) is 5.75 Å². The van der Waals surface area contributed by atoms with Gasteiger partial charge in [-0.25, -0.2) is 0 Å². The molecule has 1 aliphatic rings. The second kappa shape index (κ2) is 3.89. The minimum absolute atomic E-state index is 0.0152. The van der Waals surface area contributed by atoms with Gasteiger partial charge in [-0.15, -0.1) is 5.16 Å². The monoisotopic (exact) mass is 207 g/mol. The van der Waals surface area contributed by atoms with Crippen molar-refractivity contribution in [3.8, 4) is 0 Å². The Balaban J connectivity index is 2.54. The number of nitrogens with zero attached hydrogens (tertiary/aromatic N) is 1. The Morgan fingerprint density at radius 3 is 2.75 bits per heavy atom. The molecule has 1 heterocycles. The first kappa shape index (κ1) is 10.2.